The second kappa shape index (κ2) is 10.8. The van der Waals surface area contributed by atoms with E-state index in [1.807, 2.05) is 18.9 Å². The van der Waals surface area contributed by atoms with Crippen LogP contribution in [0.5, 0.6) is 0 Å². The minimum Gasteiger partial charge on any atom is -0.381 e. The van der Waals surface area contributed by atoms with Gasteiger partial charge in [0.25, 0.3) is 0 Å². The summed E-state index contributed by atoms with van der Waals surface area (Å²) in [6.45, 7) is 8.54. The number of likely N-dealkylation sites (tertiary alicyclic amines) is 2. The SMILES string of the molecule is CCC(=O)N1CCC(NC(=NC)NCC2(N3CCCC3)CCOCC2)C1.I. The molecule has 27 heavy (non-hydrogen) atoms. The molecule has 8 heteroatoms. The van der Waals surface area contributed by atoms with E-state index < -0.39 is 0 Å². The molecule has 2 N–H and O–H groups in total. The van der Waals surface area contributed by atoms with E-state index in [1.165, 1.54) is 25.9 Å². The Morgan fingerprint density at radius 1 is 1.22 bits per heavy atom. The minimum atomic E-state index is 0. The maximum Gasteiger partial charge on any atom is 0.222 e. The Labute approximate surface area is 180 Å². The first kappa shape index (κ1) is 22.7. The fourth-order valence-electron chi connectivity index (χ4n) is 4.51. The van der Waals surface area contributed by atoms with Crippen molar-refractivity contribution in [1.29, 1.82) is 0 Å². The number of amides is 1. The van der Waals surface area contributed by atoms with Crippen LogP contribution in [0.3, 0.4) is 0 Å². The van der Waals surface area contributed by atoms with Crippen molar-refractivity contribution >= 4 is 35.8 Å². The molecule has 3 fully saturated rings. The number of nitrogens with one attached hydrogen (secondary N) is 2. The first-order valence-corrected chi connectivity index (χ1v) is 10.2. The molecule has 0 aromatic rings. The summed E-state index contributed by atoms with van der Waals surface area (Å²) in [7, 11) is 1.83. The predicted molar refractivity (Wildman–Crippen MR) is 119 cm³/mol. The first-order valence-electron chi connectivity index (χ1n) is 10.2. The van der Waals surface area contributed by atoms with E-state index in [9.17, 15) is 4.79 Å². The zero-order chi connectivity index (χ0) is 18.4. The summed E-state index contributed by atoms with van der Waals surface area (Å²) in [5.41, 5.74) is 0.187. The monoisotopic (exact) mass is 493 g/mol. The second-order valence-corrected chi connectivity index (χ2v) is 7.78. The van der Waals surface area contributed by atoms with Gasteiger partial charge in [0.05, 0.1) is 0 Å². The van der Waals surface area contributed by atoms with Crippen molar-refractivity contribution in [1.82, 2.24) is 20.4 Å². The van der Waals surface area contributed by atoms with Crippen LogP contribution in [0.4, 0.5) is 0 Å². The largest absolute Gasteiger partial charge is 0.381 e. The lowest BCUT2D eigenvalue weighted by Gasteiger charge is -2.45. The third-order valence-corrected chi connectivity index (χ3v) is 6.19. The molecule has 3 aliphatic rings. The summed E-state index contributed by atoms with van der Waals surface area (Å²) in [6.07, 6.45) is 6.34. The highest BCUT2D eigenvalue weighted by Crippen LogP contribution is 2.30. The molecule has 156 valence electrons. The van der Waals surface area contributed by atoms with Crippen LogP contribution in [0.15, 0.2) is 4.99 Å². The van der Waals surface area contributed by atoms with Gasteiger partial charge in [0.1, 0.15) is 0 Å². The van der Waals surface area contributed by atoms with E-state index in [-0.39, 0.29) is 41.5 Å². The molecule has 1 amide bonds. The molecule has 3 aliphatic heterocycles. The highest BCUT2D eigenvalue weighted by atomic mass is 127. The first-order chi connectivity index (χ1) is 12.7. The molecular weight excluding hydrogens is 457 g/mol. The Bertz CT molecular complexity index is 504. The molecule has 7 nitrogen and oxygen atoms in total. The number of guanidine groups is 1. The van der Waals surface area contributed by atoms with Gasteiger partial charge in [-0.25, -0.2) is 0 Å². The number of nitrogens with zero attached hydrogens (tertiary/aromatic N) is 3. The fourth-order valence-corrected chi connectivity index (χ4v) is 4.51. The molecule has 3 heterocycles. The summed E-state index contributed by atoms with van der Waals surface area (Å²) in [6, 6.07) is 0.286. The molecule has 0 aromatic carbocycles. The second-order valence-electron chi connectivity index (χ2n) is 7.78. The van der Waals surface area contributed by atoms with E-state index in [0.29, 0.717) is 6.42 Å². The summed E-state index contributed by atoms with van der Waals surface area (Å²) < 4.78 is 5.63. The highest BCUT2D eigenvalue weighted by Gasteiger charge is 2.39. The quantitative estimate of drug-likeness (QED) is 0.345. The van der Waals surface area contributed by atoms with Gasteiger partial charge in [-0.2, -0.15) is 0 Å². The lowest BCUT2D eigenvalue weighted by atomic mass is 9.88. The lowest BCUT2D eigenvalue weighted by molar-refractivity contribution is -0.129. The van der Waals surface area contributed by atoms with Crippen molar-refractivity contribution in [2.24, 2.45) is 4.99 Å². The number of rotatable bonds is 5. The molecule has 0 saturated carbocycles. The van der Waals surface area contributed by atoms with Crippen LogP contribution in [-0.2, 0) is 9.53 Å². The number of halogens is 1. The Hall–Kier alpha value is -0.610. The Kier molecular flexibility index (Phi) is 9.07. The van der Waals surface area contributed by atoms with Crippen molar-refractivity contribution in [2.45, 2.75) is 57.0 Å². The Morgan fingerprint density at radius 3 is 2.56 bits per heavy atom. The summed E-state index contributed by atoms with van der Waals surface area (Å²) >= 11 is 0. The molecule has 1 unspecified atom stereocenters. The predicted octanol–water partition coefficient (Wildman–Crippen LogP) is 1.43. The van der Waals surface area contributed by atoms with Gasteiger partial charge in [0.2, 0.25) is 5.91 Å². The van der Waals surface area contributed by atoms with E-state index in [0.717, 1.165) is 58.1 Å². The molecule has 0 spiro atoms. The van der Waals surface area contributed by atoms with Gasteiger partial charge >= 0.3 is 0 Å². The van der Waals surface area contributed by atoms with Crippen molar-refractivity contribution < 1.29 is 9.53 Å². The zero-order valence-electron chi connectivity index (χ0n) is 16.8. The van der Waals surface area contributed by atoms with Crippen molar-refractivity contribution in [3.63, 3.8) is 0 Å². The van der Waals surface area contributed by atoms with Gasteiger partial charge in [-0.05, 0) is 45.2 Å². The Balaban J connectivity index is 0.00000261. The lowest BCUT2D eigenvalue weighted by Crippen LogP contribution is -2.59. The molecule has 0 aliphatic carbocycles. The third kappa shape index (κ3) is 5.69. The maximum absolute atomic E-state index is 11.9. The van der Waals surface area contributed by atoms with E-state index in [4.69, 9.17) is 4.74 Å². The molecule has 1 atom stereocenters. The highest BCUT2D eigenvalue weighted by molar-refractivity contribution is 14.0. The van der Waals surface area contributed by atoms with E-state index in [2.05, 4.69) is 20.5 Å². The normalized spacial score (nSPS) is 25.9. The van der Waals surface area contributed by atoms with Gasteiger partial charge in [-0.1, -0.05) is 6.92 Å². The molecule has 0 aromatic heterocycles. The minimum absolute atomic E-state index is 0. The number of aliphatic imine (C=N–C) groups is 1. The van der Waals surface area contributed by atoms with E-state index in [1.54, 1.807) is 0 Å². The van der Waals surface area contributed by atoms with Crippen LogP contribution >= 0.6 is 24.0 Å². The standard InChI is InChI=1S/C19H35N5O2.HI/c1-3-17(25)23-11-6-16(14-23)22-18(20-2)21-15-19(7-12-26-13-8-19)24-9-4-5-10-24;/h16H,3-15H2,1-2H3,(H2,20,21,22);1H. The maximum atomic E-state index is 11.9. The summed E-state index contributed by atoms with van der Waals surface area (Å²) in [5.74, 6) is 1.10. The van der Waals surface area contributed by atoms with E-state index >= 15 is 0 Å². The van der Waals surface area contributed by atoms with Crippen LogP contribution < -0.4 is 10.6 Å². The van der Waals surface area contributed by atoms with Crippen molar-refractivity contribution in [3.8, 4) is 0 Å². The average Bonchev–Trinajstić information content (AvgIpc) is 3.37. The average molecular weight is 493 g/mol. The van der Waals surface area contributed by atoms with Crippen LogP contribution in [0, 0.1) is 0 Å². The van der Waals surface area contributed by atoms with Crippen LogP contribution in [0.2, 0.25) is 0 Å². The van der Waals surface area contributed by atoms with Gasteiger partial charge < -0.3 is 20.3 Å². The van der Waals surface area contributed by atoms with Crippen molar-refractivity contribution in [2.75, 3.05) is 53.0 Å². The summed E-state index contributed by atoms with van der Waals surface area (Å²) in [4.78, 5) is 20.9. The molecule has 0 radical (unpaired) electrons. The smallest absolute Gasteiger partial charge is 0.222 e. The fraction of sp³-hybridized carbons (Fsp3) is 0.895. The van der Waals surface area contributed by atoms with Crippen LogP contribution in [-0.4, -0.2) is 86.2 Å². The van der Waals surface area contributed by atoms with Gasteiger partial charge in [0.15, 0.2) is 5.96 Å². The molecule has 3 rings (SSSR count). The van der Waals surface area contributed by atoms with Gasteiger partial charge in [0, 0.05) is 57.9 Å². The molecule has 3 saturated heterocycles. The molecule has 0 bridgehead atoms. The van der Waals surface area contributed by atoms with Crippen LogP contribution in [0.25, 0.3) is 0 Å². The number of carbonyl (C=O) groups excluding carboxylic acids is 1. The number of hydrogen-bond acceptors (Lipinski definition) is 4. The molecular formula is C19H36IN5O2. The Morgan fingerprint density at radius 2 is 1.93 bits per heavy atom. The third-order valence-electron chi connectivity index (χ3n) is 6.19. The van der Waals surface area contributed by atoms with Crippen molar-refractivity contribution in [3.05, 3.63) is 0 Å². The van der Waals surface area contributed by atoms with Crippen LogP contribution in [0.1, 0.15) is 45.4 Å². The number of carbonyl (C=O) groups is 1. The summed E-state index contributed by atoms with van der Waals surface area (Å²) in [5, 5.41) is 7.10. The number of ether oxygens (including phenoxy) is 1. The topological polar surface area (TPSA) is 69.2 Å². The van der Waals surface area contributed by atoms with Gasteiger partial charge in [-0.3, -0.25) is 14.7 Å². The zero-order valence-corrected chi connectivity index (χ0v) is 19.2. The number of hydrogen-bond donors (Lipinski definition) is 2. The van der Waals surface area contributed by atoms with Gasteiger partial charge in [-0.15, -0.1) is 24.0 Å².